The third kappa shape index (κ3) is 6.82. The number of carbonyl (C=O) groups excluding carboxylic acids is 2. The molecule has 6 nitrogen and oxygen atoms in total. The van der Waals surface area contributed by atoms with Gasteiger partial charge in [-0.1, -0.05) is 24.3 Å². The minimum absolute atomic E-state index is 0.0141. The monoisotopic (exact) mass is 398 g/mol. The van der Waals surface area contributed by atoms with Gasteiger partial charge in [0.15, 0.2) is 11.5 Å². The molecule has 0 saturated heterocycles. The summed E-state index contributed by atoms with van der Waals surface area (Å²) < 4.78 is 11.2. The molecule has 0 spiro atoms. The lowest BCUT2D eigenvalue weighted by atomic mass is 10.1. The van der Waals surface area contributed by atoms with Crippen molar-refractivity contribution in [3.05, 3.63) is 53.6 Å². The van der Waals surface area contributed by atoms with E-state index >= 15 is 0 Å². The zero-order chi connectivity index (χ0) is 21.2. The summed E-state index contributed by atoms with van der Waals surface area (Å²) >= 11 is 0. The van der Waals surface area contributed by atoms with Gasteiger partial charge in [0.2, 0.25) is 11.8 Å². The second-order valence-electron chi connectivity index (χ2n) is 6.88. The van der Waals surface area contributed by atoms with Gasteiger partial charge in [-0.3, -0.25) is 9.59 Å². The van der Waals surface area contributed by atoms with Crippen LogP contribution in [-0.4, -0.2) is 43.5 Å². The van der Waals surface area contributed by atoms with Crippen molar-refractivity contribution in [2.75, 3.05) is 32.1 Å². The van der Waals surface area contributed by atoms with Gasteiger partial charge in [-0.15, -0.1) is 0 Å². The molecule has 29 heavy (non-hydrogen) atoms. The van der Waals surface area contributed by atoms with Gasteiger partial charge < -0.3 is 19.7 Å². The van der Waals surface area contributed by atoms with E-state index in [4.69, 9.17) is 9.47 Å². The number of para-hydroxylation sites is 2. The number of carbonyl (C=O) groups is 2. The molecule has 2 aromatic carbocycles. The van der Waals surface area contributed by atoms with E-state index in [0.29, 0.717) is 37.6 Å². The number of rotatable bonds is 10. The van der Waals surface area contributed by atoms with Gasteiger partial charge in [-0.25, -0.2) is 0 Å². The van der Waals surface area contributed by atoms with Crippen molar-refractivity contribution in [2.45, 2.75) is 33.6 Å². The highest BCUT2D eigenvalue weighted by molar-refractivity contribution is 5.95. The Bertz CT molecular complexity index is 835. The molecule has 0 atom stereocenters. The zero-order valence-electron chi connectivity index (χ0n) is 17.7. The number of hydrogen-bond donors (Lipinski definition) is 1. The first-order valence-electron chi connectivity index (χ1n) is 9.87. The average molecular weight is 399 g/mol. The predicted octanol–water partition coefficient (Wildman–Crippen LogP) is 3.96. The van der Waals surface area contributed by atoms with Crippen LogP contribution in [0.15, 0.2) is 42.5 Å². The Kier molecular flexibility index (Phi) is 8.52. The van der Waals surface area contributed by atoms with Crippen molar-refractivity contribution >= 4 is 17.5 Å². The molecule has 0 aromatic heterocycles. The van der Waals surface area contributed by atoms with Crippen molar-refractivity contribution in [1.29, 1.82) is 0 Å². The summed E-state index contributed by atoms with van der Waals surface area (Å²) in [5.74, 6) is 1.06. The van der Waals surface area contributed by atoms with E-state index in [0.717, 1.165) is 16.8 Å². The van der Waals surface area contributed by atoms with Crippen LogP contribution in [0.3, 0.4) is 0 Å². The summed E-state index contributed by atoms with van der Waals surface area (Å²) in [6.07, 6.45) is 0.867. The largest absolute Gasteiger partial charge is 0.490 e. The fourth-order valence-corrected chi connectivity index (χ4v) is 2.82. The lowest BCUT2D eigenvalue weighted by Crippen LogP contribution is -2.35. The van der Waals surface area contributed by atoms with Crippen LogP contribution < -0.4 is 14.8 Å². The first-order chi connectivity index (χ1) is 13.9. The molecule has 0 bridgehead atoms. The molecule has 0 aliphatic heterocycles. The molecular weight excluding hydrogens is 368 g/mol. The smallest absolute Gasteiger partial charge is 0.243 e. The SMILES string of the molecule is CCOc1ccccc1OCCCC(=O)N(C)CC(=O)Nc1cccc(C)c1C. The first-order valence-corrected chi connectivity index (χ1v) is 9.87. The highest BCUT2D eigenvalue weighted by Crippen LogP contribution is 2.26. The number of anilines is 1. The highest BCUT2D eigenvalue weighted by Gasteiger charge is 2.14. The van der Waals surface area contributed by atoms with Gasteiger partial charge in [0, 0.05) is 19.2 Å². The summed E-state index contributed by atoms with van der Waals surface area (Å²) in [5, 5.41) is 2.87. The molecule has 2 aromatic rings. The van der Waals surface area contributed by atoms with E-state index < -0.39 is 0 Å². The number of benzene rings is 2. The molecule has 0 unspecified atom stereocenters. The molecule has 0 radical (unpaired) electrons. The fraction of sp³-hybridized carbons (Fsp3) is 0.391. The Morgan fingerprint density at radius 3 is 2.38 bits per heavy atom. The van der Waals surface area contributed by atoms with Gasteiger partial charge in [0.1, 0.15) is 0 Å². The van der Waals surface area contributed by atoms with Crippen LogP contribution in [0.4, 0.5) is 5.69 Å². The van der Waals surface area contributed by atoms with E-state index in [1.165, 1.54) is 4.90 Å². The van der Waals surface area contributed by atoms with Crippen LogP contribution >= 0.6 is 0 Å². The average Bonchev–Trinajstić information content (AvgIpc) is 2.70. The third-order valence-electron chi connectivity index (χ3n) is 4.63. The number of hydrogen-bond acceptors (Lipinski definition) is 4. The molecule has 0 heterocycles. The van der Waals surface area contributed by atoms with Crippen LogP contribution in [-0.2, 0) is 9.59 Å². The maximum absolute atomic E-state index is 12.3. The van der Waals surface area contributed by atoms with Gasteiger partial charge in [-0.2, -0.15) is 0 Å². The van der Waals surface area contributed by atoms with E-state index in [1.54, 1.807) is 7.05 Å². The summed E-state index contributed by atoms with van der Waals surface area (Å²) in [4.78, 5) is 26.0. The van der Waals surface area contributed by atoms with Crippen LogP contribution in [0.1, 0.15) is 30.9 Å². The van der Waals surface area contributed by atoms with Gasteiger partial charge >= 0.3 is 0 Å². The summed E-state index contributed by atoms with van der Waals surface area (Å²) in [5.41, 5.74) is 2.91. The standard InChI is InChI=1S/C23H30N2O4/c1-5-28-20-12-6-7-13-21(20)29-15-9-14-23(27)25(4)16-22(26)24-19-11-8-10-17(2)18(19)3/h6-8,10-13H,5,9,14-16H2,1-4H3,(H,24,26). The Labute approximate surface area is 172 Å². The summed E-state index contributed by atoms with van der Waals surface area (Å²) in [6, 6.07) is 13.2. The van der Waals surface area contributed by atoms with Crippen LogP contribution in [0.2, 0.25) is 0 Å². The van der Waals surface area contributed by atoms with Crippen molar-refractivity contribution in [3.8, 4) is 11.5 Å². The number of ether oxygens (including phenoxy) is 2. The van der Waals surface area contributed by atoms with Crippen molar-refractivity contribution in [2.24, 2.45) is 0 Å². The minimum atomic E-state index is -0.212. The molecule has 6 heteroatoms. The summed E-state index contributed by atoms with van der Waals surface area (Å²) in [7, 11) is 1.64. The fourth-order valence-electron chi connectivity index (χ4n) is 2.82. The molecule has 1 N–H and O–H groups in total. The second-order valence-corrected chi connectivity index (χ2v) is 6.88. The molecule has 0 aliphatic rings. The zero-order valence-corrected chi connectivity index (χ0v) is 17.7. The van der Waals surface area contributed by atoms with Crippen LogP contribution in [0, 0.1) is 13.8 Å². The molecular formula is C23H30N2O4. The number of likely N-dealkylation sites (N-methyl/N-ethyl adjacent to an activating group) is 1. The molecule has 2 amide bonds. The Morgan fingerprint density at radius 2 is 1.69 bits per heavy atom. The Balaban J connectivity index is 1.75. The summed E-state index contributed by atoms with van der Waals surface area (Å²) in [6.45, 7) is 6.85. The third-order valence-corrected chi connectivity index (χ3v) is 4.63. The first kappa shape index (κ1) is 22.3. The van der Waals surface area contributed by atoms with Gasteiger partial charge in [0.25, 0.3) is 0 Å². The quantitative estimate of drug-likeness (QED) is 0.615. The van der Waals surface area contributed by atoms with Crippen LogP contribution in [0.5, 0.6) is 11.5 Å². The number of amides is 2. The normalized spacial score (nSPS) is 10.3. The highest BCUT2D eigenvalue weighted by atomic mass is 16.5. The van der Waals surface area contributed by atoms with Crippen molar-refractivity contribution in [1.82, 2.24) is 4.90 Å². The molecule has 2 rings (SSSR count). The molecule has 0 saturated carbocycles. The van der Waals surface area contributed by atoms with E-state index in [1.807, 2.05) is 63.2 Å². The van der Waals surface area contributed by atoms with E-state index in [2.05, 4.69) is 5.32 Å². The molecule has 0 fully saturated rings. The van der Waals surface area contributed by atoms with Crippen LogP contribution in [0.25, 0.3) is 0 Å². The molecule has 156 valence electrons. The van der Waals surface area contributed by atoms with E-state index in [-0.39, 0.29) is 18.4 Å². The second kappa shape index (κ2) is 11.1. The van der Waals surface area contributed by atoms with Gasteiger partial charge in [-0.05, 0) is 56.5 Å². The number of aryl methyl sites for hydroxylation is 1. The Morgan fingerprint density at radius 1 is 1.00 bits per heavy atom. The lowest BCUT2D eigenvalue weighted by Gasteiger charge is -2.18. The Hall–Kier alpha value is -3.02. The minimum Gasteiger partial charge on any atom is -0.490 e. The number of nitrogens with one attached hydrogen (secondary N) is 1. The van der Waals surface area contributed by atoms with Gasteiger partial charge in [0.05, 0.1) is 19.8 Å². The number of nitrogens with zero attached hydrogens (tertiary/aromatic N) is 1. The maximum atomic E-state index is 12.3. The van der Waals surface area contributed by atoms with Crippen molar-refractivity contribution < 1.29 is 19.1 Å². The van der Waals surface area contributed by atoms with Crippen molar-refractivity contribution in [3.63, 3.8) is 0 Å². The van der Waals surface area contributed by atoms with E-state index in [9.17, 15) is 9.59 Å². The maximum Gasteiger partial charge on any atom is 0.243 e. The molecule has 0 aliphatic carbocycles. The predicted molar refractivity (Wildman–Crippen MR) is 115 cm³/mol. The lowest BCUT2D eigenvalue weighted by molar-refractivity contribution is -0.133. The topological polar surface area (TPSA) is 67.9 Å².